The van der Waals surface area contributed by atoms with Crippen LogP contribution in [-0.4, -0.2) is 183 Å². The highest BCUT2D eigenvalue weighted by molar-refractivity contribution is 7.95. The van der Waals surface area contributed by atoms with Crippen LogP contribution in [0.4, 0.5) is 17.6 Å². The molecule has 16 rings (SSSR count). The molecule has 0 radical (unpaired) electrons. The molecule has 1 N–H and O–H groups in total. The molecular weight excluding hydrogens is 2180 g/mol. The Morgan fingerprint density at radius 3 is 0.926 bits per heavy atom. The van der Waals surface area contributed by atoms with E-state index >= 15 is 17.6 Å². The molecule has 0 aliphatic heterocycles. The van der Waals surface area contributed by atoms with Crippen LogP contribution in [0.3, 0.4) is 0 Å². The van der Waals surface area contributed by atoms with E-state index in [1.54, 1.807) is 67.7 Å². The maximum Gasteiger partial charge on any atom is 0.340 e. The van der Waals surface area contributed by atoms with E-state index in [0.717, 1.165) is 123 Å². The van der Waals surface area contributed by atoms with E-state index in [9.17, 15) is 90.0 Å². The topological polar surface area (TPSA) is 389 Å². The highest BCUT2D eigenvalue weighted by Crippen LogP contribution is 2.35. The van der Waals surface area contributed by atoms with E-state index in [1.165, 1.54) is 133 Å². The van der Waals surface area contributed by atoms with E-state index in [1.807, 2.05) is 70.9 Å². The number of carbonyl (C=O) groups is 6. The van der Waals surface area contributed by atoms with Gasteiger partial charge in [0.05, 0.1) is 63.2 Å². The van der Waals surface area contributed by atoms with Crippen LogP contribution in [-0.2, 0) is 105 Å². The second-order valence-electron chi connectivity index (χ2n) is 35.0. The predicted molar refractivity (Wildman–Crippen MR) is 570 cm³/mol. The highest BCUT2D eigenvalue weighted by Gasteiger charge is 2.31. The number of aromatic nitrogens is 4. The number of thiophene rings is 4. The fourth-order valence-electron chi connectivity index (χ4n) is 15.8. The van der Waals surface area contributed by atoms with Crippen LogP contribution in [0.1, 0.15) is 70.8 Å². The van der Waals surface area contributed by atoms with E-state index < -0.39 is 147 Å². The van der Waals surface area contributed by atoms with Gasteiger partial charge in [-0.25, -0.2) is 64.4 Å². The number of ketones is 4. The zero-order valence-corrected chi connectivity index (χ0v) is 90.4. The number of halogens is 8. The molecule has 0 unspecified atom stereocenters. The Balaban J connectivity index is 0.000000165. The maximum atomic E-state index is 15.4. The van der Waals surface area contributed by atoms with Gasteiger partial charge >= 0.3 is 5.97 Å². The molecule has 45 heteroatoms. The number of fused-ring (bicyclic) bond motifs is 4. The number of sulfone groups is 5. The molecule has 0 saturated heterocycles. The highest BCUT2D eigenvalue weighted by atomic mass is 35.5. The third-order valence-electron chi connectivity index (χ3n) is 22.6. The van der Waals surface area contributed by atoms with Crippen molar-refractivity contribution in [3.8, 4) is 22.7 Å². The molecular formula is C103H89Cl4F4N7O21S9. The van der Waals surface area contributed by atoms with Gasteiger partial charge in [-0.1, -0.05) is 135 Å². The molecule has 772 valence electrons. The summed E-state index contributed by atoms with van der Waals surface area (Å²) in [5.74, 6) is -9.70. The molecule has 0 atom stereocenters. The van der Waals surface area contributed by atoms with Crippen molar-refractivity contribution in [3.63, 3.8) is 0 Å². The van der Waals surface area contributed by atoms with E-state index in [4.69, 9.17) is 51.1 Å². The van der Waals surface area contributed by atoms with Crippen LogP contribution in [0.15, 0.2) is 260 Å². The minimum Gasteiger partial charge on any atom is -0.465 e. The molecule has 1 amide bonds. The number of nitrogens with one attached hydrogen (secondary N) is 1. The number of carbonyl (C=O) groups excluding carboxylic acids is 6. The zero-order chi connectivity index (χ0) is 108. The third kappa shape index (κ3) is 27.2. The minimum absolute atomic E-state index is 0.0141. The molecule has 0 fully saturated rings. The number of esters is 1. The number of pyridine rings is 4. The number of ether oxygens (including phenoxy) is 1. The molecule has 28 nitrogen and oxygen atoms in total. The summed E-state index contributed by atoms with van der Waals surface area (Å²) in [5, 5.41) is 5.80. The van der Waals surface area contributed by atoms with Crippen molar-refractivity contribution in [1.29, 1.82) is 0 Å². The van der Waals surface area contributed by atoms with Crippen LogP contribution in [0.25, 0.3) is 65.8 Å². The Kier molecular flexibility index (Phi) is 35.6. The monoisotopic (exact) mass is 2260 g/mol. The molecule has 148 heavy (non-hydrogen) atoms. The van der Waals surface area contributed by atoms with Crippen molar-refractivity contribution >= 4 is 219 Å². The van der Waals surface area contributed by atoms with Gasteiger partial charge in [-0.3, -0.25) is 61.4 Å². The summed E-state index contributed by atoms with van der Waals surface area (Å²) in [6, 6.07) is 46.8. The van der Waals surface area contributed by atoms with Gasteiger partial charge in [0, 0.05) is 114 Å². The first-order chi connectivity index (χ1) is 69.5. The summed E-state index contributed by atoms with van der Waals surface area (Å²) in [7, 11) is -10.4. The van der Waals surface area contributed by atoms with Gasteiger partial charge in [0.1, 0.15) is 63.1 Å². The number of hydrogen-bond donors (Lipinski definition) is 1. The number of hydrogen-bond acceptors (Lipinski definition) is 27. The molecule has 0 aliphatic carbocycles. The SMILES string of the molecule is COC(=O)c1cn(-c2ccc(CC(=O)CS(=O)(=O)c3ccc(Cl)s3)cc2F)c(=O)c2ccc(C)cc12.Cc1ccc2c(=O)n(-c3ccc(CC(=O)CS(=O)(=O)c4ccc(Cl)s4)cc3F)cc(C(=O)NCCN(C)C)c2c1.Cc1ccc2c(=O)n(-c3ccc(CC(=O)CS(=O)(=O)c4ccc(Cl)s4)cc3F)cc(CN(C)C)c2c1.Cc1ccc2c(=O)n(-c3ccc(CC(=O)CS(=O)(=O)c4ccc(Cl)s4)cc3F)cc(S(C)(=O)=O)c2c1. The van der Waals surface area contributed by atoms with Crippen LogP contribution in [0.2, 0.25) is 17.3 Å². The second-order valence-corrected chi connectivity index (χ2v) is 52.7. The van der Waals surface area contributed by atoms with Gasteiger partial charge in [0.25, 0.3) is 28.1 Å². The van der Waals surface area contributed by atoms with Gasteiger partial charge in [-0.05, 0) is 216 Å². The van der Waals surface area contributed by atoms with Gasteiger partial charge in [-0.15, -0.1) is 45.3 Å². The molecule has 16 aromatic rings. The van der Waals surface area contributed by atoms with Crippen molar-refractivity contribution in [2.45, 2.75) is 81.7 Å². The molecule has 0 aliphatic rings. The molecule has 8 heterocycles. The van der Waals surface area contributed by atoms with Crippen LogP contribution in [0, 0.1) is 51.0 Å². The van der Waals surface area contributed by atoms with Crippen LogP contribution in [0.5, 0.6) is 0 Å². The van der Waals surface area contributed by atoms with Gasteiger partial charge in [-0.2, -0.15) is 0 Å². The average molecular weight is 2270 g/mol. The third-order valence-corrected chi connectivity index (χ3v) is 37.7. The molecule has 0 bridgehead atoms. The lowest BCUT2D eigenvalue weighted by Gasteiger charge is -2.17. The Hall–Kier alpha value is -12.4. The largest absolute Gasteiger partial charge is 0.465 e. The fraction of sp³-hybridized carbons (Fsp3) is 0.204. The first kappa shape index (κ1) is 113. The number of rotatable bonds is 32. The van der Waals surface area contributed by atoms with Gasteiger partial charge in [0.15, 0.2) is 72.3 Å². The molecule has 0 spiro atoms. The first-order valence-corrected chi connectivity index (χ1v) is 57.5. The quantitative estimate of drug-likeness (QED) is 0.0302. The fourth-order valence-corrected chi connectivity index (χ4v) is 27.9. The zero-order valence-electron chi connectivity index (χ0n) is 80.0. The Morgan fingerprint density at radius 2 is 0.635 bits per heavy atom. The summed E-state index contributed by atoms with van der Waals surface area (Å²) in [6.07, 6.45) is 5.02. The van der Waals surface area contributed by atoms with Crippen molar-refractivity contribution < 1.29 is 93.2 Å². The van der Waals surface area contributed by atoms with Crippen molar-refractivity contribution in [3.05, 3.63) is 362 Å². The van der Waals surface area contributed by atoms with Gasteiger partial charge in [0.2, 0.25) is 0 Å². The minimum atomic E-state index is -3.88. The van der Waals surface area contributed by atoms with Crippen molar-refractivity contribution in [2.75, 3.05) is 77.7 Å². The summed E-state index contributed by atoms with van der Waals surface area (Å²) in [4.78, 5) is 132. The number of methoxy groups -OCH3 is 1. The summed E-state index contributed by atoms with van der Waals surface area (Å²) in [6.45, 7) is 8.91. The Labute approximate surface area is 882 Å². The standard InChI is InChI=1S/C28H27ClFN3O5S2.C26H24ClFN2O4S2.C25H19ClFNO6S2.C24H19ClFNO6S3/c1-17-4-6-20-21(12-17)22(27(35)31-10-11-32(2)3)15-33(28(20)36)24-7-5-18(14-23(24)30)13-19(34)16-40(37,38)26-9-8-25(29)39-26;1-16-4-6-20-21(10-16)18(13-29(2)3)14-30(26(20)32)23-7-5-17(12-22(23)28)11-19(31)15-36(33,34)25-9-8-24(27)35-25;1-14-3-5-17-18(9-14)19(25(31)34-2)12-28(24(17)30)21-6-4-15(11-20(21)27)10-16(29)13-36(32,33)23-8-7-22(26)35-23;1-14-3-5-17-18(9-14)21(35(2,30)31)12-27(24(17)29)20-6-4-15(11-19(20)26)10-16(28)13-36(32,33)23-8-7-22(25)34-23/h4-9,12,14-15H,10-11,13,16H2,1-3H3,(H,31,35);4-10,12,14H,11,13,15H2,1-3H3;2*3-9,11-12H,10,13H2,1-2H3. The first-order valence-electron chi connectivity index (χ1n) is 44.2. The number of likely N-dealkylation sites (N-methyl/N-ethyl adjacent to an activating group) is 1. The number of benzene rings is 8. The summed E-state index contributed by atoms with van der Waals surface area (Å²) < 4.78 is 195. The van der Waals surface area contributed by atoms with Crippen molar-refractivity contribution in [1.82, 2.24) is 33.4 Å². The van der Waals surface area contributed by atoms with Crippen LogP contribution >= 0.6 is 91.8 Å². The number of nitrogens with zero attached hydrogens (tertiary/aromatic N) is 6. The Morgan fingerprint density at radius 1 is 0.351 bits per heavy atom. The molecule has 8 aromatic heterocycles. The van der Waals surface area contributed by atoms with Crippen molar-refractivity contribution in [2.24, 2.45) is 0 Å². The number of amides is 1. The lowest BCUT2D eigenvalue weighted by atomic mass is 10.0. The maximum absolute atomic E-state index is 15.4. The summed E-state index contributed by atoms with van der Waals surface area (Å²) >= 11 is 26.6. The van der Waals surface area contributed by atoms with E-state index in [2.05, 4.69) is 5.32 Å². The lowest BCUT2D eigenvalue weighted by molar-refractivity contribution is -0.116. The normalized spacial score (nSPS) is 11.9. The molecule has 0 saturated carbocycles. The molecule has 8 aromatic carbocycles. The van der Waals surface area contributed by atoms with E-state index in [-0.39, 0.29) is 138 Å². The average Bonchev–Trinajstić information content (AvgIpc) is 1.39. The van der Waals surface area contributed by atoms with Crippen LogP contribution < -0.4 is 27.6 Å². The van der Waals surface area contributed by atoms with Gasteiger partial charge < -0.3 is 19.9 Å². The summed E-state index contributed by atoms with van der Waals surface area (Å²) in [5.41, 5.74) is 3.24. The second kappa shape index (κ2) is 46.8. The predicted octanol–water partition coefficient (Wildman–Crippen LogP) is 17.5. The number of aryl methyl sites for hydroxylation is 4. The smallest absolute Gasteiger partial charge is 0.340 e. The lowest BCUT2D eigenvalue weighted by Crippen LogP contribution is -2.32. The number of Topliss-reactive ketones (excluding diaryl/α,β-unsaturated/α-hetero) is 4. The van der Waals surface area contributed by atoms with E-state index in [0.29, 0.717) is 45.7 Å². The Bertz CT molecular complexity index is 8970.